The van der Waals surface area contributed by atoms with Gasteiger partial charge in [0.15, 0.2) is 5.00 Å². The number of aliphatic hydroxyl groups is 1. The molecular formula is C11H18N2O3S2. The molecular weight excluding hydrogens is 272 g/mol. The van der Waals surface area contributed by atoms with Gasteiger partial charge in [0.1, 0.15) is 0 Å². The van der Waals surface area contributed by atoms with Gasteiger partial charge in [0.25, 0.3) is 0 Å². The summed E-state index contributed by atoms with van der Waals surface area (Å²) in [5.41, 5.74) is 0.0857. The minimum atomic E-state index is -0.665. The summed E-state index contributed by atoms with van der Waals surface area (Å²) in [6, 6.07) is 1.47. The van der Waals surface area contributed by atoms with Crippen LogP contribution in [0.5, 0.6) is 0 Å². The van der Waals surface area contributed by atoms with Gasteiger partial charge in [0, 0.05) is 24.5 Å². The average molecular weight is 290 g/mol. The number of aliphatic hydroxyl groups excluding tert-OH is 1. The van der Waals surface area contributed by atoms with Crippen LogP contribution in [0.3, 0.4) is 0 Å². The molecule has 0 aromatic carbocycles. The second kappa shape index (κ2) is 6.96. The van der Waals surface area contributed by atoms with Crippen LogP contribution >= 0.6 is 23.1 Å². The molecule has 1 heterocycles. The average Bonchev–Trinajstić information content (AvgIpc) is 2.74. The van der Waals surface area contributed by atoms with Crippen molar-refractivity contribution in [2.75, 3.05) is 30.5 Å². The molecule has 102 valence electrons. The lowest BCUT2D eigenvalue weighted by atomic mass is 10.3. The lowest BCUT2D eigenvalue weighted by molar-refractivity contribution is -0.383. The molecule has 18 heavy (non-hydrogen) atoms. The predicted molar refractivity (Wildman–Crippen MR) is 77.9 cm³/mol. The van der Waals surface area contributed by atoms with E-state index in [1.807, 2.05) is 18.2 Å². The molecule has 0 unspecified atom stereocenters. The Balaban J connectivity index is 2.88. The molecule has 0 amide bonds. The molecule has 0 fully saturated rings. The lowest BCUT2D eigenvalue weighted by Gasteiger charge is -2.16. The van der Waals surface area contributed by atoms with Gasteiger partial charge in [-0.3, -0.25) is 10.1 Å². The van der Waals surface area contributed by atoms with Crippen LogP contribution in [0, 0.1) is 10.1 Å². The highest BCUT2D eigenvalue weighted by molar-refractivity contribution is 7.98. The quantitative estimate of drug-likeness (QED) is 0.475. The van der Waals surface area contributed by atoms with Crippen LogP contribution in [0.4, 0.5) is 10.7 Å². The van der Waals surface area contributed by atoms with Crippen molar-refractivity contribution < 1.29 is 10.0 Å². The van der Waals surface area contributed by atoms with Gasteiger partial charge in [-0.05, 0) is 25.4 Å². The molecule has 1 N–H and O–H groups in total. The fourth-order valence-electron chi connectivity index (χ4n) is 1.55. The normalized spacial score (nSPS) is 12.4. The van der Waals surface area contributed by atoms with E-state index < -0.39 is 6.10 Å². The Morgan fingerprint density at radius 2 is 2.33 bits per heavy atom. The van der Waals surface area contributed by atoms with Crippen LogP contribution in [0.2, 0.25) is 0 Å². The maximum atomic E-state index is 11.0. The van der Waals surface area contributed by atoms with Gasteiger partial charge in [-0.15, -0.1) is 11.3 Å². The summed E-state index contributed by atoms with van der Waals surface area (Å²) < 4.78 is 0. The molecule has 0 spiro atoms. The van der Waals surface area contributed by atoms with Gasteiger partial charge in [0.2, 0.25) is 0 Å². The Kier molecular flexibility index (Phi) is 5.90. The topological polar surface area (TPSA) is 66.6 Å². The van der Waals surface area contributed by atoms with Crippen LogP contribution in [-0.2, 0) is 0 Å². The molecule has 1 rings (SSSR count). The van der Waals surface area contributed by atoms with Gasteiger partial charge in [-0.2, -0.15) is 11.8 Å². The van der Waals surface area contributed by atoms with E-state index in [-0.39, 0.29) is 10.6 Å². The maximum Gasteiger partial charge on any atom is 0.304 e. The first-order chi connectivity index (χ1) is 8.47. The molecule has 1 aromatic heterocycles. The van der Waals surface area contributed by atoms with Gasteiger partial charge < -0.3 is 10.0 Å². The fraction of sp³-hybridized carbons (Fsp3) is 0.636. The summed E-state index contributed by atoms with van der Waals surface area (Å²) >= 11 is 3.05. The summed E-state index contributed by atoms with van der Waals surface area (Å²) in [5.74, 6) is 1.03. The smallest absolute Gasteiger partial charge is 0.304 e. The van der Waals surface area contributed by atoms with Gasteiger partial charge in [-0.25, -0.2) is 0 Å². The van der Waals surface area contributed by atoms with Crippen LogP contribution in [0.15, 0.2) is 6.07 Å². The standard InChI is InChI=1S/C11H18N2O3S2/c1-8(14)10-7-9(13(15)16)11(18-10)12(2)5-4-6-17-3/h7-8,14H,4-6H2,1-3H3/t8-/m0/s1. The largest absolute Gasteiger partial charge is 0.388 e. The number of thioether (sulfide) groups is 1. The Morgan fingerprint density at radius 1 is 1.67 bits per heavy atom. The third kappa shape index (κ3) is 3.86. The van der Waals surface area contributed by atoms with E-state index in [9.17, 15) is 15.2 Å². The molecule has 0 bridgehead atoms. The second-order valence-corrected chi connectivity index (χ2v) is 6.09. The number of thiophene rings is 1. The third-order valence-corrected chi connectivity index (χ3v) is 4.62. The molecule has 0 radical (unpaired) electrons. The van der Waals surface area contributed by atoms with Crippen molar-refractivity contribution in [2.45, 2.75) is 19.4 Å². The van der Waals surface area contributed by atoms with Crippen LogP contribution in [0.25, 0.3) is 0 Å². The SMILES string of the molecule is CSCCCN(C)c1sc([C@H](C)O)cc1[N+](=O)[O-]. The fourth-order valence-corrected chi connectivity index (χ4v) is 3.01. The molecule has 1 aromatic rings. The first-order valence-corrected chi connectivity index (χ1v) is 7.84. The molecule has 0 aliphatic heterocycles. The summed E-state index contributed by atoms with van der Waals surface area (Å²) in [5, 5.41) is 21.1. The van der Waals surface area contributed by atoms with E-state index in [0.717, 1.165) is 18.7 Å². The molecule has 0 aliphatic carbocycles. The monoisotopic (exact) mass is 290 g/mol. The molecule has 0 saturated heterocycles. The minimum absolute atomic E-state index is 0.0857. The van der Waals surface area contributed by atoms with E-state index in [0.29, 0.717) is 9.88 Å². The first-order valence-electron chi connectivity index (χ1n) is 5.63. The first kappa shape index (κ1) is 15.3. The molecule has 1 atom stereocenters. The van der Waals surface area contributed by atoms with Crippen molar-refractivity contribution in [3.63, 3.8) is 0 Å². The molecule has 0 saturated carbocycles. The second-order valence-electron chi connectivity index (χ2n) is 4.04. The predicted octanol–water partition coefficient (Wildman–Crippen LogP) is 2.90. The lowest BCUT2D eigenvalue weighted by Crippen LogP contribution is -2.18. The van der Waals surface area contributed by atoms with Crippen LogP contribution in [-0.4, -0.2) is 35.6 Å². The van der Waals surface area contributed by atoms with Crippen molar-refractivity contribution >= 4 is 33.8 Å². The zero-order valence-corrected chi connectivity index (χ0v) is 12.4. The number of nitrogens with zero attached hydrogens (tertiary/aromatic N) is 2. The van der Waals surface area contributed by atoms with Crippen LogP contribution < -0.4 is 4.90 Å². The Morgan fingerprint density at radius 3 is 2.83 bits per heavy atom. The summed E-state index contributed by atoms with van der Waals surface area (Å²) in [4.78, 5) is 13.1. The minimum Gasteiger partial charge on any atom is -0.388 e. The number of anilines is 1. The molecule has 0 aliphatic rings. The maximum absolute atomic E-state index is 11.0. The van der Waals surface area contributed by atoms with Gasteiger partial charge in [-0.1, -0.05) is 0 Å². The Hall–Kier alpha value is -0.790. The van der Waals surface area contributed by atoms with Crippen molar-refractivity contribution in [3.8, 4) is 0 Å². The summed E-state index contributed by atoms with van der Waals surface area (Å²) in [6.07, 6.45) is 2.36. The zero-order valence-electron chi connectivity index (χ0n) is 10.8. The molecule has 7 heteroatoms. The highest BCUT2D eigenvalue weighted by Gasteiger charge is 2.23. The third-order valence-electron chi connectivity index (χ3n) is 2.51. The highest BCUT2D eigenvalue weighted by Crippen LogP contribution is 2.39. The van der Waals surface area contributed by atoms with Crippen molar-refractivity contribution in [1.82, 2.24) is 0 Å². The zero-order chi connectivity index (χ0) is 13.7. The highest BCUT2D eigenvalue weighted by atomic mass is 32.2. The van der Waals surface area contributed by atoms with Crippen molar-refractivity contribution in [1.29, 1.82) is 0 Å². The van der Waals surface area contributed by atoms with E-state index in [2.05, 4.69) is 0 Å². The van der Waals surface area contributed by atoms with E-state index in [4.69, 9.17) is 0 Å². The van der Waals surface area contributed by atoms with E-state index in [1.54, 1.807) is 18.7 Å². The van der Waals surface area contributed by atoms with E-state index >= 15 is 0 Å². The number of rotatable bonds is 7. The summed E-state index contributed by atoms with van der Waals surface area (Å²) in [7, 11) is 1.85. The molecule has 5 nitrogen and oxygen atoms in total. The van der Waals surface area contributed by atoms with Crippen molar-refractivity contribution in [3.05, 3.63) is 21.1 Å². The van der Waals surface area contributed by atoms with Crippen LogP contribution in [0.1, 0.15) is 24.3 Å². The number of hydrogen-bond donors (Lipinski definition) is 1. The van der Waals surface area contributed by atoms with Crippen molar-refractivity contribution in [2.24, 2.45) is 0 Å². The number of nitro groups is 1. The number of hydrogen-bond acceptors (Lipinski definition) is 6. The van der Waals surface area contributed by atoms with Gasteiger partial charge in [0.05, 0.1) is 11.0 Å². The Bertz CT molecular complexity index is 407. The van der Waals surface area contributed by atoms with Gasteiger partial charge >= 0.3 is 5.69 Å². The summed E-state index contributed by atoms with van der Waals surface area (Å²) in [6.45, 7) is 2.40. The Labute approximate surface area is 115 Å². The van der Waals surface area contributed by atoms with E-state index in [1.165, 1.54) is 17.4 Å².